The largest absolute Gasteiger partial charge is 0.481 e. The van der Waals surface area contributed by atoms with Gasteiger partial charge in [-0.1, -0.05) is 136 Å². The normalized spacial score (nSPS) is 22.4. The lowest BCUT2D eigenvalue weighted by Crippen LogP contribution is -2.36. The average Bonchev–Trinajstić information content (AvgIpc) is 4.06. The van der Waals surface area contributed by atoms with Crippen LogP contribution < -0.4 is 11.4 Å². The number of rotatable bonds is 40. The maximum atomic E-state index is 12.9. The second kappa shape index (κ2) is 38.0. The van der Waals surface area contributed by atoms with Crippen LogP contribution in [0.5, 0.6) is 0 Å². The summed E-state index contributed by atoms with van der Waals surface area (Å²) >= 11 is 0. The molecule has 4 unspecified atom stereocenters. The zero-order valence-corrected chi connectivity index (χ0v) is 45.3. The van der Waals surface area contributed by atoms with Crippen molar-refractivity contribution in [1.82, 2.24) is 9.55 Å². The highest BCUT2D eigenvalue weighted by atomic mass is 31.3. The Balaban J connectivity index is 1.44. The molecule has 0 aliphatic carbocycles. The maximum Gasteiger partial charge on any atom is 0.481 e. The number of carbonyl (C=O) groups is 2. The molecule has 2 aliphatic rings. The van der Waals surface area contributed by atoms with Crippen molar-refractivity contribution in [3.63, 3.8) is 0 Å². The van der Waals surface area contributed by atoms with Crippen LogP contribution in [-0.4, -0.2) is 97.9 Å². The predicted molar refractivity (Wildman–Crippen MR) is 288 cm³/mol. The summed E-state index contributed by atoms with van der Waals surface area (Å²) in [6.45, 7) is 1.86. The summed E-state index contributed by atoms with van der Waals surface area (Å²) in [5.41, 5.74) is 4.58. The van der Waals surface area contributed by atoms with Crippen LogP contribution in [0.2, 0.25) is 0 Å². The number of aliphatic hydroxyl groups excluding tert-OH is 2. The number of aromatic nitrogens is 2. The fourth-order valence-electron chi connectivity index (χ4n) is 7.14. The highest BCUT2D eigenvalue weighted by Gasteiger charge is 2.46. The van der Waals surface area contributed by atoms with Crippen molar-refractivity contribution in [3.8, 4) is 0 Å². The summed E-state index contributed by atoms with van der Waals surface area (Å²) in [5.74, 6) is -1.49. The predicted octanol–water partition coefficient (Wildman–Crippen LogP) is 9.99. The monoisotopic (exact) mass is 1090 g/mol. The van der Waals surface area contributed by atoms with Gasteiger partial charge in [0.25, 0.3) is 0 Å². The molecule has 0 amide bonds. The fraction of sp³-hybridized carbons (Fsp3) is 0.556. The standard InChI is InChI=1S/C54H81N3O16P2/c1-3-5-7-9-11-12-13-14-15-16-17-18-19-20-21-22-25-30-34-38-50(59)70-44(41-67-49(58)37-33-29-26-23-24-28-32-36-46-45(71-46)35-31-27-10-8-6-4-2)42-68-74(63,64)73-75(65,66)69-43-47-51(60)52(61)53(72-47)57-40-39-48(55)56-54(57)62/h5,7,11-12,14-15,17-18,20-21,23,25-28,30-32,39-40,44-47,51-53,60-61H,3-4,6,8-10,13,16,19,22,24,29,33-38,41-43H2,1-2H3,(H,63,64)(H,65,66)(H2,55,56,62)/b7-5-,12-11-,15-14-,18-17-,21-20-,26-23-,30-25-,31-27-,32-28-/t44-,45?,46?,47-,51-,52-,53-/m1/s1. The van der Waals surface area contributed by atoms with Gasteiger partial charge in [-0.2, -0.15) is 9.29 Å². The second-order valence-electron chi connectivity index (χ2n) is 17.7. The molecule has 1 aromatic heterocycles. The van der Waals surface area contributed by atoms with Gasteiger partial charge in [0.1, 0.15) is 30.7 Å². The molecule has 0 saturated carbocycles. The molecule has 2 aliphatic heterocycles. The number of phosphoric ester groups is 2. The number of hydrogen-bond acceptors (Lipinski definition) is 16. The summed E-state index contributed by atoms with van der Waals surface area (Å²) in [5, 5.41) is 20.9. The lowest BCUT2D eigenvalue weighted by Gasteiger charge is -2.21. The van der Waals surface area contributed by atoms with Crippen LogP contribution in [0.4, 0.5) is 5.82 Å². The van der Waals surface area contributed by atoms with Crippen LogP contribution in [0.3, 0.4) is 0 Å². The first kappa shape index (κ1) is 64.7. The number of nitrogens with two attached hydrogens (primary N) is 1. The van der Waals surface area contributed by atoms with Crippen molar-refractivity contribution in [2.75, 3.05) is 25.6 Å². The van der Waals surface area contributed by atoms with E-state index in [4.69, 9.17) is 33.7 Å². The van der Waals surface area contributed by atoms with Gasteiger partial charge in [0.05, 0.1) is 25.4 Å². The van der Waals surface area contributed by atoms with Crippen LogP contribution in [0.25, 0.3) is 0 Å². The lowest BCUT2D eigenvalue weighted by molar-refractivity contribution is -0.161. The van der Waals surface area contributed by atoms with E-state index in [0.29, 0.717) is 31.8 Å². The summed E-state index contributed by atoms with van der Waals surface area (Å²) in [6.07, 6.45) is 45.0. The van der Waals surface area contributed by atoms with E-state index in [1.165, 1.54) is 25.3 Å². The van der Waals surface area contributed by atoms with Crippen LogP contribution in [-0.2, 0) is 51.0 Å². The molecule has 21 heteroatoms. The molecule has 0 spiro atoms. The fourth-order valence-corrected chi connectivity index (χ4v) is 9.25. The number of allylic oxidation sites excluding steroid dienone is 16. The molecular weight excluding hydrogens is 1010 g/mol. The Hall–Kier alpha value is -4.62. The van der Waals surface area contributed by atoms with Gasteiger partial charge >= 0.3 is 33.3 Å². The first-order valence-corrected chi connectivity index (χ1v) is 29.0. The molecule has 9 atom stereocenters. The van der Waals surface area contributed by atoms with Crippen LogP contribution in [0.1, 0.15) is 136 Å². The zero-order chi connectivity index (χ0) is 54.6. The Morgan fingerprint density at radius 1 is 0.667 bits per heavy atom. The summed E-state index contributed by atoms with van der Waals surface area (Å²) in [7, 11) is -10.9. The Morgan fingerprint density at radius 3 is 1.80 bits per heavy atom. The van der Waals surface area contributed by atoms with Gasteiger partial charge in [-0.25, -0.2) is 13.9 Å². The molecule has 6 N–H and O–H groups in total. The molecule has 418 valence electrons. The highest BCUT2D eigenvalue weighted by Crippen LogP contribution is 2.60. The van der Waals surface area contributed by atoms with Gasteiger partial charge in [-0.15, -0.1) is 0 Å². The minimum Gasteiger partial charge on any atom is -0.462 e. The number of nitrogen functional groups attached to an aromatic ring is 1. The number of esters is 2. The zero-order valence-electron chi connectivity index (χ0n) is 43.5. The highest BCUT2D eigenvalue weighted by molar-refractivity contribution is 7.61. The average molecular weight is 1090 g/mol. The number of anilines is 1. The molecule has 0 bridgehead atoms. The molecule has 75 heavy (non-hydrogen) atoms. The summed E-state index contributed by atoms with van der Waals surface area (Å²) in [6, 6.07) is 1.24. The number of ether oxygens (including phenoxy) is 4. The van der Waals surface area contributed by atoms with E-state index in [9.17, 15) is 43.5 Å². The number of carbonyl (C=O) groups excluding carboxylic acids is 2. The van der Waals surface area contributed by atoms with Crippen molar-refractivity contribution < 1.29 is 71.0 Å². The van der Waals surface area contributed by atoms with E-state index in [1.54, 1.807) is 6.08 Å². The first-order valence-electron chi connectivity index (χ1n) is 26.0. The maximum absolute atomic E-state index is 12.9. The van der Waals surface area contributed by atoms with E-state index >= 15 is 0 Å². The first-order chi connectivity index (χ1) is 36.1. The lowest BCUT2D eigenvalue weighted by atomic mass is 10.1. The van der Waals surface area contributed by atoms with Crippen molar-refractivity contribution in [1.29, 1.82) is 0 Å². The number of hydrogen-bond donors (Lipinski definition) is 5. The molecule has 2 saturated heterocycles. The number of aliphatic hydroxyl groups is 2. The third-order valence-electron chi connectivity index (χ3n) is 11.3. The van der Waals surface area contributed by atoms with Gasteiger partial charge in [0.15, 0.2) is 12.3 Å². The quantitative estimate of drug-likeness (QED) is 0.0134. The molecular formula is C54H81N3O16P2. The van der Waals surface area contributed by atoms with Crippen LogP contribution in [0, 0.1) is 0 Å². The number of unbranched alkanes of at least 4 members (excludes halogenated alkanes) is 4. The molecule has 19 nitrogen and oxygen atoms in total. The number of epoxide rings is 1. The number of phosphoric acid groups is 2. The van der Waals surface area contributed by atoms with Gasteiger partial charge in [0, 0.05) is 19.0 Å². The smallest absolute Gasteiger partial charge is 0.462 e. The van der Waals surface area contributed by atoms with Crippen molar-refractivity contribution in [2.24, 2.45) is 0 Å². The third kappa shape index (κ3) is 30.1. The Kier molecular flexibility index (Phi) is 32.8. The molecule has 0 radical (unpaired) electrons. The third-order valence-corrected chi connectivity index (χ3v) is 13.9. The van der Waals surface area contributed by atoms with Gasteiger partial charge in [-0.3, -0.25) is 23.2 Å². The molecule has 3 heterocycles. The van der Waals surface area contributed by atoms with E-state index in [-0.39, 0.29) is 24.8 Å². The van der Waals surface area contributed by atoms with E-state index < -0.39 is 83.7 Å². The molecule has 2 fully saturated rings. The summed E-state index contributed by atoms with van der Waals surface area (Å²) in [4.78, 5) is 61.9. The topological polar surface area (TPSA) is 278 Å². The van der Waals surface area contributed by atoms with Gasteiger partial charge in [0.2, 0.25) is 0 Å². The van der Waals surface area contributed by atoms with Gasteiger partial charge < -0.3 is 44.7 Å². The van der Waals surface area contributed by atoms with Crippen LogP contribution in [0.15, 0.2) is 126 Å². The number of nitrogens with zero attached hydrogens (tertiary/aromatic N) is 2. The minimum atomic E-state index is -5.46. The van der Waals surface area contributed by atoms with Gasteiger partial charge in [-0.05, 0) is 96.0 Å². The van der Waals surface area contributed by atoms with E-state index in [0.717, 1.165) is 68.6 Å². The van der Waals surface area contributed by atoms with Crippen LogP contribution >= 0.6 is 15.6 Å². The Bertz CT molecular complexity index is 2260. The molecule has 1 aromatic rings. The second-order valence-corrected chi connectivity index (χ2v) is 20.7. The van der Waals surface area contributed by atoms with E-state index in [1.807, 2.05) is 30.4 Å². The van der Waals surface area contributed by atoms with Crippen molar-refractivity contribution >= 4 is 33.4 Å². The minimum absolute atomic E-state index is 0.0231. The van der Waals surface area contributed by atoms with Crippen molar-refractivity contribution in [3.05, 3.63) is 132 Å². The SMILES string of the molecule is CC/C=C\C/C=C\C/C=C\C/C=C\C/C=C\C/C=C\CCC(=O)O[C@H](COC(=O)CCC/C=C\C/C=C\CC1OC1C/C=C\CCCCC)COP(=O)(O)OP(=O)(O)OC[C@H]1O[C@@H](n2ccc(N)nc2=O)[C@H](O)[C@@H]1O. The van der Waals surface area contributed by atoms with E-state index in [2.05, 4.69) is 96.1 Å². The van der Waals surface area contributed by atoms with Crippen molar-refractivity contribution in [2.45, 2.75) is 172 Å². The summed E-state index contributed by atoms with van der Waals surface area (Å²) < 4.78 is 62.4. The Labute approximate surface area is 442 Å². The molecule has 0 aromatic carbocycles. The Morgan fingerprint density at radius 2 is 1.20 bits per heavy atom. The molecule has 3 rings (SSSR count).